The Kier molecular flexibility index (Phi) is 5.17. The lowest BCUT2D eigenvalue weighted by atomic mass is 10.0. The minimum atomic E-state index is -0.215. The Labute approximate surface area is 186 Å². The van der Waals surface area contributed by atoms with Crippen LogP contribution < -0.4 is 9.64 Å². The second kappa shape index (κ2) is 8.15. The monoisotopic (exact) mass is 431 g/mol. The van der Waals surface area contributed by atoms with Gasteiger partial charge in [-0.3, -0.25) is 0 Å². The molecular weight excluding hydrogens is 405 g/mol. The highest BCUT2D eigenvalue weighted by Crippen LogP contribution is 2.35. The van der Waals surface area contributed by atoms with Crippen LogP contribution in [0.3, 0.4) is 0 Å². The number of halogens is 1. The number of hydrogen-bond donors (Lipinski definition) is 0. The molecule has 3 heterocycles. The molecule has 0 amide bonds. The fraction of sp³-hybridized carbons (Fsp3) is 0.280. The molecule has 7 heteroatoms. The lowest BCUT2D eigenvalue weighted by molar-refractivity contribution is 0.412. The fourth-order valence-electron chi connectivity index (χ4n) is 4.46. The van der Waals surface area contributed by atoms with Crippen LogP contribution in [0.2, 0.25) is 0 Å². The Hall–Kier alpha value is -3.61. The van der Waals surface area contributed by atoms with Gasteiger partial charge in [0.05, 0.1) is 42.2 Å². The quantitative estimate of drug-likeness (QED) is 0.445. The summed E-state index contributed by atoms with van der Waals surface area (Å²) in [5, 5.41) is 0. The van der Waals surface area contributed by atoms with Gasteiger partial charge in [0.15, 0.2) is 5.82 Å². The van der Waals surface area contributed by atoms with E-state index >= 15 is 0 Å². The van der Waals surface area contributed by atoms with Gasteiger partial charge < -0.3 is 18.8 Å². The van der Waals surface area contributed by atoms with Crippen LogP contribution in [-0.2, 0) is 6.42 Å². The lowest BCUT2D eigenvalue weighted by Gasteiger charge is -2.34. The predicted molar refractivity (Wildman–Crippen MR) is 122 cm³/mol. The number of rotatable bonds is 5. The Morgan fingerprint density at radius 2 is 1.88 bits per heavy atom. The minimum Gasteiger partial charge on any atom is -0.494 e. The largest absolute Gasteiger partial charge is 0.494 e. The van der Waals surface area contributed by atoms with Gasteiger partial charge in [0.2, 0.25) is 0 Å². The number of imidazole rings is 2. The third-order valence-electron chi connectivity index (χ3n) is 6.18. The Balaban J connectivity index is 1.49. The van der Waals surface area contributed by atoms with E-state index in [9.17, 15) is 4.39 Å². The molecule has 0 saturated carbocycles. The molecule has 32 heavy (non-hydrogen) atoms. The van der Waals surface area contributed by atoms with E-state index in [0.29, 0.717) is 0 Å². The summed E-state index contributed by atoms with van der Waals surface area (Å²) in [5.41, 5.74) is 5.16. The van der Waals surface area contributed by atoms with E-state index in [2.05, 4.69) is 27.4 Å². The number of fused-ring (bicyclic) bond motifs is 1. The van der Waals surface area contributed by atoms with E-state index in [-0.39, 0.29) is 11.9 Å². The summed E-state index contributed by atoms with van der Waals surface area (Å²) in [5.74, 6) is 1.55. The average molecular weight is 432 g/mol. The second-order valence-corrected chi connectivity index (χ2v) is 8.19. The van der Waals surface area contributed by atoms with Crippen molar-refractivity contribution >= 4 is 5.82 Å². The summed E-state index contributed by atoms with van der Waals surface area (Å²) in [6.07, 6.45) is 7.64. The van der Waals surface area contributed by atoms with E-state index < -0.39 is 0 Å². The first-order valence-corrected chi connectivity index (χ1v) is 10.8. The number of nitrogens with zero attached hydrogens (tertiary/aromatic N) is 5. The van der Waals surface area contributed by atoms with Crippen LogP contribution in [0, 0.1) is 12.7 Å². The molecule has 6 nitrogen and oxygen atoms in total. The third-order valence-corrected chi connectivity index (χ3v) is 6.18. The minimum absolute atomic E-state index is 0.111. The Bertz CT molecular complexity index is 1240. The number of benzene rings is 2. The fourth-order valence-corrected chi connectivity index (χ4v) is 4.46. The van der Waals surface area contributed by atoms with Crippen molar-refractivity contribution in [3.05, 3.63) is 84.1 Å². The van der Waals surface area contributed by atoms with Crippen LogP contribution in [0.15, 0.2) is 61.3 Å². The number of aromatic nitrogens is 4. The first-order chi connectivity index (χ1) is 15.5. The first-order valence-electron chi connectivity index (χ1n) is 10.8. The molecule has 0 bridgehead atoms. The molecule has 1 atom stereocenters. The maximum Gasteiger partial charge on any atom is 0.150 e. The summed E-state index contributed by atoms with van der Waals surface area (Å²) in [6.45, 7) is 5.03. The molecule has 4 aromatic rings. The van der Waals surface area contributed by atoms with Crippen molar-refractivity contribution in [1.82, 2.24) is 19.1 Å². The second-order valence-electron chi connectivity index (χ2n) is 8.19. The molecule has 0 spiro atoms. The third kappa shape index (κ3) is 3.53. The van der Waals surface area contributed by atoms with Crippen LogP contribution in [0.5, 0.6) is 5.75 Å². The van der Waals surface area contributed by atoms with Gasteiger partial charge in [-0.1, -0.05) is 12.1 Å². The summed E-state index contributed by atoms with van der Waals surface area (Å²) in [4.78, 5) is 11.4. The number of hydrogen-bond acceptors (Lipinski definition) is 4. The summed E-state index contributed by atoms with van der Waals surface area (Å²) in [6, 6.07) is 13.0. The zero-order valence-corrected chi connectivity index (χ0v) is 18.5. The van der Waals surface area contributed by atoms with Gasteiger partial charge >= 0.3 is 0 Å². The smallest absolute Gasteiger partial charge is 0.150 e. The van der Waals surface area contributed by atoms with Gasteiger partial charge in [-0.25, -0.2) is 14.4 Å². The molecular formula is C25H26FN5O. The van der Waals surface area contributed by atoms with Gasteiger partial charge in [0.1, 0.15) is 17.9 Å². The van der Waals surface area contributed by atoms with E-state index in [1.54, 1.807) is 13.4 Å². The van der Waals surface area contributed by atoms with E-state index in [1.165, 1.54) is 17.8 Å². The SMILES string of the molecule is COc1cc(-n2cnc3c2CCCN3C(C)c2ccc(F)cc2)ccc1-n1cnc(C)c1. The molecule has 2 aromatic heterocycles. The van der Waals surface area contributed by atoms with Crippen molar-refractivity contribution in [2.24, 2.45) is 0 Å². The molecule has 0 aliphatic carbocycles. The maximum atomic E-state index is 13.4. The van der Waals surface area contributed by atoms with E-state index in [4.69, 9.17) is 9.72 Å². The zero-order valence-electron chi connectivity index (χ0n) is 18.5. The molecule has 2 aromatic carbocycles. The van der Waals surface area contributed by atoms with Crippen molar-refractivity contribution < 1.29 is 9.13 Å². The van der Waals surface area contributed by atoms with Crippen LogP contribution in [0.25, 0.3) is 11.4 Å². The molecule has 0 N–H and O–H groups in total. The van der Waals surface area contributed by atoms with E-state index in [1.807, 2.05) is 48.3 Å². The highest BCUT2D eigenvalue weighted by atomic mass is 19.1. The summed E-state index contributed by atoms with van der Waals surface area (Å²) < 4.78 is 23.2. The highest BCUT2D eigenvalue weighted by Gasteiger charge is 2.27. The molecule has 0 saturated heterocycles. The standard InChI is InChI=1S/C25H26FN5O/c1-17-14-29(15-27-17)22-11-10-21(13-24(22)32-3)31-16-28-25-23(31)5-4-12-30(25)18(2)19-6-8-20(26)9-7-19/h6-11,13-16,18H,4-5,12H2,1-3H3. The lowest BCUT2D eigenvalue weighted by Crippen LogP contribution is -2.32. The summed E-state index contributed by atoms with van der Waals surface area (Å²) in [7, 11) is 1.68. The molecule has 1 aliphatic rings. The first kappa shape index (κ1) is 20.3. The predicted octanol–water partition coefficient (Wildman–Crippen LogP) is 5.03. The number of methoxy groups -OCH3 is 1. The van der Waals surface area contributed by atoms with Crippen molar-refractivity contribution in [2.75, 3.05) is 18.6 Å². The maximum absolute atomic E-state index is 13.4. The molecule has 0 radical (unpaired) electrons. The molecule has 164 valence electrons. The van der Waals surface area contributed by atoms with Gasteiger partial charge in [-0.2, -0.15) is 0 Å². The number of aryl methyl sites for hydroxylation is 1. The highest BCUT2D eigenvalue weighted by molar-refractivity contribution is 5.57. The van der Waals surface area contributed by atoms with E-state index in [0.717, 1.165) is 53.6 Å². The van der Waals surface area contributed by atoms with Gasteiger partial charge in [-0.15, -0.1) is 0 Å². The van der Waals surface area contributed by atoms with Crippen LogP contribution in [0.1, 0.15) is 36.3 Å². The zero-order chi connectivity index (χ0) is 22.2. The topological polar surface area (TPSA) is 48.1 Å². The van der Waals surface area contributed by atoms with Gasteiger partial charge in [-0.05, 0) is 56.5 Å². The number of anilines is 1. The summed E-state index contributed by atoms with van der Waals surface area (Å²) >= 11 is 0. The molecule has 0 fully saturated rings. The molecule has 1 unspecified atom stereocenters. The van der Waals surface area contributed by atoms with Crippen molar-refractivity contribution in [2.45, 2.75) is 32.7 Å². The number of ether oxygens (including phenoxy) is 1. The average Bonchev–Trinajstić information content (AvgIpc) is 3.45. The Morgan fingerprint density at radius 1 is 1.06 bits per heavy atom. The Morgan fingerprint density at radius 3 is 2.59 bits per heavy atom. The normalized spacial score (nSPS) is 14.3. The molecule has 5 rings (SSSR count). The van der Waals surface area contributed by atoms with Crippen molar-refractivity contribution in [3.63, 3.8) is 0 Å². The van der Waals surface area contributed by atoms with Gasteiger partial charge in [0.25, 0.3) is 0 Å². The van der Waals surface area contributed by atoms with Crippen molar-refractivity contribution in [3.8, 4) is 17.1 Å². The van der Waals surface area contributed by atoms with Gasteiger partial charge in [0, 0.05) is 18.8 Å². The van der Waals surface area contributed by atoms with Crippen LogP contribution in [0.4, 0.5) is 10.2 Å². The van der Waals surface area contributed by atoms with Crippen LogP contribution >= 0.6 is 0 Å². The van der Waals surface area contributed by atoms with Crippen molar-refractivity contribution in [1.29, 1.82) is 0 Å². The van der Waals surface area contributed by atoms with Crippen LogP contribution in [-0.4, -0.2) is 32.8 Å². The molecule has 1 aliphatic heterocycles.